The fourth-order valence-electron chi connectivity index (χ4n) is 2.52. The van der Waals surface area contributed by atoms with Crippen molar-refractivity contribution in [2.24, 2.45) is 7.05 Å². The van der Waals surface area contributed by atoms with Gasteiger partial charge in [-0.2, -0.15) is 13.2 Å². The fraction of sp³-hybridized carbons (Fsp3) is 0.167. The molecule has 0 saturated carbocycles. The van der Waals surface area contributed by atoms with Crippen LogP contribution in [0, 0.1) is 0 Å². The maximum Gasteiger partial charge on any atom is 0.416 e. The zero-order valence-electron chi connectivity index (χ0n) is 13.1. The Balaban J connectivity index is 1.94. The summed E-state index contributed by atoms with van der Waals surface area (Å²) in [6.07, 6.45) is -2.64. The molecular weight excluding hydrogens is 317 g/mol. The van der Waals surface area contributed by atoms with Gasteiger partial charge in [0.2, 0.25) is 0 Å². The Hall–Kier alpha value is -2.76. The molecule has 0 spiro atoms. The summed E-state index contributed by atoms with van der Waals surface area (Å²) in [5.41, 5.74) is 1.78. The van der Waals surface area contributed by atoms with Crippen molar-refractivity contribution < 1.29 is 17.9 Å². The van der Waals surface area contributed by atoms with Crippen LogP contribution in [0.15, 0.2) is 54.7 Å². The normalized spacial score (nSPS) is 11.5. The van der Waals surface area contributed by atoms with E-state index in [4.69, 9.17) is 4.74 Å². The molecule has 24 heavy (non-hydrogen) atoms. The number of rotatable bonds is 3. The molecule has 0 amide bonds. The van der Waals surface area contributed by atoms with Crippen molar-refractivity contribution in [3.63, 3.8) is 0 Å². The third-order valence-corrected chi connectivity index (χ3v) is 3.84. The molecular formula is C18H15F3N2O. The predicted molar refractivity (Wildman–Crippen MR) is 85.6 cm³/mol. The maximum atomic E-state index is 12.7. The van der Waals surface area contributed by atoms with E-state index in [1.807, 2.05) is 35.9 Å². The van der Waals surface area contributed by atoms with Gasteiger partial charge in [0.05, 0.1) is 24.6 Å². The van der Waals surface area contributed by atoms with Crippen molar-refractivity contribution >= 4 is 0 Å². The van der Waals surface area contributed by atoms with E-state index >= 15 is 0 Å². The Morgan fingerprint density at radius 2 is 1.50 bits per heavy atom. The highest BCUT2D eigenvalue weighted by atomic mass is 19.4. The summed E-state index contributed by atoms with van der Waals surface area (Å²) in [5, 5.41) is 0. The molecule has 3 aromatic rings. The van der Waals surface area contributed by atoms with Gasteiger partial charge in [0.25, 0.3) is 0 Å². The molecule has 1 heterocycles. The lowest BCUT2D eigenvalue weighted by Crippen LogP contribution is -2.04. The lowest BCUT2D eigenvalue weighted by atomic mass is 10.1. The predicted octanol–water partition coefficient (Wildman–Crippen LogP) is 4.78. The summed E-state index contributed by atoms with van der Waals surface area (Å²) in [6, 6.07) is 12.5. The lowest BCUT2D eigenvalue weighted by molar-refractivity contribution is -0.137. The highest BCUT2D eigenvalue weighted by molar-refractivity contribution is 5.66. The van der Waals surface area contributed by atoms with Crippen LogP contribution in [0.2, 0.25) is 0 Å². The van der Waals surface area contributed by atoms with Gasteiger partial charge in [0, 0.05) is 18.2 Å². The third kappa shape index (κ3) is 2.99. The van der Waals surface area contributed by atoms with Crippen molar-refractivity contribution in [3.8, 4) is 28.4 Å². The standard InChI is InChI=1S/C18H15F3N2O/c1-23-16(12-5-9-15(24-2)10-6-12)11-22-17(23)13-3-7-14(8-4-13)18(19,20)21/h3-11H,1-2H3. The molecule has 0 bridgehead atoms. The SMILES string of the molecule is COc1ccc(-c2cnc(-c3ccc(C(F)(F)F)cc3)n2C)cc1. The first-order valence-corrected chi connectivity index (χ1v) is 7.24. The van der Waals surface area contributed by atoms with Crippen molar-refractivity contribution in [3.05, 3.63) is 60.3 Å². The molecule has 6 heteroatoms. The highest BCUT2D eigenvalue weighted by Gasteiger charge is 2.30. The number of nitrogens with zero attached hydrogens (tertiary/aromatic N) is 2. The molecule has 0 aliphatic heterocycles. The third-order valence-electron chi connectivity index (χ3n) is 3.84. The van der Waals surface area contributed by atoms with Crippen LogP contribution in [0.3, 0.4) is 0 Å². The smallest absolute Gasteiger partial charge is 0.416 e. The van der Waals surface area contributed by atoms with Crippen molar-refractivity contribution in [1.82, 2.24) is 9.55 Å². The number of methoxy groups -OCH3 is 1. The van der Waals surface area contributed by atoms with Gasteiger partial charge in [-0.1, -0.05) is 12.1 Å². The van der Waals surface area contributed by atoms with E-state index < -0.39 is 11.7 Å². The zero-order chi connectivity index (χ0) is 17.3. The fourth-order valence-corrected chi connectivity index (χ4v) is 2.52. The van der Waals surface area contributed by atoms with E-state index in [2.05, 4.69) is 4.98 Å². The molecule has 0 radical (unpaired) electrons. The van der Waals surface area contributed by atoms with E-state index in [1.165, 1.54) is 12.1 Å². The van der Waals surface area contributed by atoms with Crippen LogP contribution in [0.1, 0.15) is 5.56 Å². The number of alkyl halides is 3. The molecule has 3 nitrogen and oxygen atoms in total. The molecule has 0 aliphatic rings. The van der Waals surface area contributed by atoms with Crippen molar-refractivity contribution in [2.75, 3.05) is 7.11 Å². The van der Waals surface area contributed by atoms with Crippen LogP contribution < -0.4 is 4.74 Å². The van der Waals surface area contributed by atoms with Gasteiger partial charge < -0.3 is 9.30 Å². The number of ether oxygens (including phenoxy) is 1. The van der Waals surface area contributed by atoms with Crippen LogP contribution in [0.25, 0.3) is 22.6 Å². The zero-order valence-corrected chi connectivity index (χ0v) is 13.1. The molecule has 0 N–H and O–H groups in total. The van der Waals surface area contributed by atoms with Gasteiger partial charge in [-0.15, -0.1) is 0 Å². The average Bonchev–Trinajstić information content (AvgIpc) is 2.96. The Kier molecular flexibility index (Phi) is 4.05. The van der Waals surface area contributed by atoms with Gasteiger partial charge in [-0.25, -0.2) is 4.98 Å². The molecule has 0 unspecified atom stereocenters. The van der Waals surface area contributed by atoms with E-state index in [9.17, 15) is 13.2 Å². The number of imidazole rings is 1. The van der Waals surface area contributed by atoms with Gasteiger partial charge in [-0.3, -0.25) is 0 Å². The van der Waals surface area contributed by atoms with Crippen LogP contribution in [0.4, 0.5) is 13.2 Å². The quantitative estimate of drug-likeness (QED) is 0.690. The van der Waals surface area contributed by atoms with Gasteiger partial charge in [-0.05, 0) is 36.4 Å². The Morgan fingerprint density at radius 1 is 0.917 bits per heavy atom. The summed E-state index contributed by atoms with van der Waals surface area (Å²) >= 11 is 0. The Morgan fingerprint density at radius 3 is 2.04 bits per heavy atom. The minimum Gasteiger partial charge on any atom is -0.497 e. The average molecular weight is 332 g/mol. The Labute approximate surface area is 137 Å². The van der Waals surface area contributed by atoms with E-state index in [-0.39, 0.29) is 0 Å². The van der Waals surface area contributed by atoms with Gasteiger partial charge >= 0.3 is 6.18 Å². The van der Waals surface area contributed by atoms with E-state index in [0.717, 1.165) is 29.1 Å². The van der Waals surface area contributed by atoms with E-state index in [1.54, 1.807) is 13.3 Å². The van der Waals surface area contributed by atoms with Gasteiger partial charge in [0.1, 0.15) is 11.6 Å². The minimum atomic E-state index is -4.34. The number of aromatic nitrogens is 2. The molecule has 3 rings (SSSR count). The second kappa shape index (κ2) is 6.03. The van der Waals surface area contributed by atoms with Crippen molar-refractivity contribution in [2.45, 2.75) is 6.18 Å². The second-order valence-electron chi connectivity index (χ2n) is 5.33. The first kappa shape index (κ1) is 16.1. The highest BCUT2D eigenvalue weighted by Crippen LogP contribution is 2.31. The largest absolute Gasteiger partial charge is 0.497 e. The van der Waals surface area contributed by atoms with Crippen LogP contribution >= 0.6 is 0 Å². The van der Waals surface area contributed by atoms with Gasteiger partial charge in [0.15, 0.2) is 0 Å². The summed E-state index contributed by atoms with van der Waals surface area (Å²) in [4.78, 5) is 4.35. The first-order valence-electron chi connectivity index (χ1n) is 7.24. The number of halogens is 3. The number of hydrogen-bond acceptors (Lipinski definition) is 2. The van der Waals surface area contributed by atoms with Crippen LogP contribution in [-0.2, 0) is 13.2 Å². The molecule has 0 aliphatic carbocycles. The maximum absolute atomic E-state index is 12.7. The molecule has 124 valence electrons. The molecule has 0 atom stereocenters. The van der Waals surface area contributed by atoms with Crippen LogP contribution in [-0.4, -0.2) is 16.7 Å². The summed E-state index contributed by atoms with van der Waals surface area (Å²) in [6.45, 7) is 0. The van der Waals surface area contributed by atoms with Crippen LogP contribution in [0.5, 0.6) is 5.75 Å². The lowest BCUT2D eigenvalue weighted by Gasteiger charge is -2.09. The first-order chi connectivity index (χ1) is 11.4. The molecule has 2 aromatic carbocycles. The minimum absolute atomic E-state index is 0.606. The van der Waals surface area contributed by atoms with Crippen molar-refractivity contribution in [1.29, 1.82) is 0 Å². The monoisotopic (exact) mass is 332 g/mol. The number of hydrogen-bond donors (Lipinski definition) is 0. The topological polar surface area (TPSA) is 27.1 Å². The summed E-state index contributed by atoms with van der Waals surface area (Å²) in [5.74, 6) is 1.36. The van der Waals surface area contributed by atoms with E-state index in [0.29, 0.717) is 11.4 Å². The summed E-state index contributed by atoms with van der Waals surface area (Å²) in [7, 11) is 3.43. The molecule has 0 saturated heterocycles. The number of benzene rings is 2. The Bertz CT molecular complexity index is 834. The summed E-state index contributed by atoms with van der Waals surface area (Å²) < 4.78 is 45.0. The second-order valence-corrected chi connectivity index (χ2v) is 5.33. The molecule has 0 fully saturated rings. The molecule has 1 aromatic heterocycles.